The molecule has 3 aromatic rings. The standard InChI is InChI=1S/C20H21N3O3/c21-20(26)19(25)18(24)16-3-1-2-15(22-16)13-6-7-17-14(10-13)8-9-23(17)11-12-4-5-12/h1-3,6-10,12,18-19,24-25H,4-5,11H2,(H2,21,26)/t18-,19+/m0/s1. The van der Waals surface area contributed by atoms with Crippen molar-refractivity contribution in [3.05, 3.63) is 54.4 Å². The van der Waals surface area contributed by atoms with E-state index in [1.165, 1.54) is 18.4 Å². The van der Waals surface area contributed by atoms with Crippen molar-refractivity contribution in [1.82, 2.24) is 9.55 Å². The zero-order valence-corrected chi connectivity index (χ0v) is 14.2. The third-order valence-corrected chi connectivity index (χ3v) is 4.88. The minimum atomic E-state index is -1.68. The molecule has 1 aliphatic carbocycles. The number of aliphatic hydroxyl groups excluding tert-OH is 2. The number of benzene rings is 1. The summed E-state index contributed by atoms with van der Waals surface area (Å²) >= 11 is 0. The van der Waals surface area contributed by atoms with Crippen LogP contribution in [0.3, 0.4) is 0 Å². The Morgan fingerprint density at radius 2 is 2.04 bits per heavy atom. The van der Waals surface area contributed by atoms with Crippen LogP contribution in [0.2, 0.25) is 0 Å². The Bertz CT molecular complexity index is 962. The van der Waals surface area contributed by atoms with Crippen LogP contribution in [-0.2, 0) is 11.3 Å². The maximum Gasteiger partial charge on any atom is 0.249 e. The molecule has 1 saturated carbocycles. The summed E-state index contributed by atoms with van der Waals surface area (Å²) in [5, 5.41) is 20.9. The zero-order chi connectivity index (χ0) is 18.3. The first-order chi connectivity index (χ1) is 12.5. The Morgan fingerprint density at radius 1 is 1.23 bits per heavy atom. The van der Waals surface area contributed by atoms with Crippen molar-refractivity contribution in [2.75, 3.05) is 0 Å². The van der Waals surface area contributed by atoms with E-state index in [0.29, 0.717) is 5.69 Å². The van der Waals surface area contributed by atoms with Crippen molar-refractivity contribution in [2.24, 2.45) is 11.7 Å². The molecule has 2 atom stereocenters. The normalized spacial score (nSPS) is 16.5. The number of rotatable bonds is 6. The molecule has 6 heteroatoms. The van der Waals surface area contributed by atoms with Crippen LogP contribution in [0.5, 0.6) is 0 Å². The average molecular weight is 351 g/mol. The second-order valence-electron chi connectivity index (χ2n) is 6.92. The predicted molar refractivity (Wildman–Crippen MR) is 98.1 cm³/mol. The number of hydrogen-bond donors (Lipinski definition) is 3. The minimum absolute atomic E-state index is 0.209. The average Bonchev–Trinajstić information content (AvgIpc) is 3.39. The van der Waals surface area contributed by atoms with Gasteiger partial charge in [-0.25, -0.2) is 4.98 Å². The molecule has 4 rings (SSSR count). The largest absolute Gasteiger partial charge is 0.384 e. The minimum Gasteiger partial charge on any atom is -0.384 e. The Hall–Kier alpha value is -2.70. The summed E-state index contributed by atoms with van der Waals surface area (Å²) in [6.45, 7) is 1.06. The summed E-state index contributed by atoms with van der Waals surface area (Å²) in [4.78, 5) is 15.5. The van der Waals surface area contributed by atoms with Crippen LogP contribution in [0.1, 0.15) is 24.6 Å². The van der Waals surface area contributed by atoms with Crippen LogP contribution in [0.4, 0.5) is 0 Å². The van der Waals surface area contributed by atoms with Crippen LogP contribution >= 0.6 is 0 Å². The molecule has 4 N–H and O–H groups in total. The third kappa shape index (κ3) is 3.21. The molecule has 134 valence electrons. The molecule has 0 aliphatic heterocycles. The first-order valence-electron chi connectivity index (χ1n) is 8.74. The van der Waals surface area contributed by atoms with Gasteiger partial charge in [0.2, 0.25) is 5.91 Å². The number of pyridine rings is 1. The lowest BCUT2D eigenvalue weighted by Gasteiger charge is -2.15. The molecule has 2 heterocycles. The summed E-state index contributed by atoms with van der Waals surface area (Å²) in [7, 11) is 0. The van der Waals surface area contributed by atoms with Crippen molar-refractivity contribution < 1.29 is 15.0 Å². The number of primary amides is 1. The van der Waals surface area contributed by atoms with E-state index >= 15 is 0 Å². The van der Waals surface area contributed by atoms with E-state index in [-0.39, 0.29) is 5.69 Å². The molecule has 1 amide bonds. The first-order valence-corrected chi connectivity index (χ1v) is 8.74. The van der Waals surface area contributed by atoms with E-state index < -0.39 is 18.1 Å². The molecule has 0 unspecified atom stereocenters. The van der Waals surface area contributed by atoms with Gasteiger partial charge in [-0.1, -0.05) is 12.1 Å². The molecule has 0 spiro atoms. The van der Waals surface area contributed by atoms with Crippen LogP contribution in [-0.4, -0.2) is 31.8 Å². The molecule has 0 radical (unpaired) electrons. The molecule has 1 fully saturated rings. The van der Waals surface area contributed by atoms with E-state index in [2.05, 4.69) is 33.9 Å². The summed E-state index contributed by atoms with van der Waals surface area (Å²) in [5.41, 5.74) is 8.02. The fourth-order valence-corrected chi connectivity index (χ4v) is 3.19. The summed E-state index contributed by atoms with van der Waals surface area (Å²) in [6.07, 6.45) is 1.61. The van der Waals surface area contributed by atoms with Crippen LogP contribution in [0.15, 0.2) is 48.7 Å². The fraction of sp³-hybridized carbons (Fsp3) is 0.300. The van der Waals surface area contributed by atoms with Gasteiger partial charge in [0.15, 0.2) is 6.10 Å². The molecule has 26 heavy (non-hydrogen) atoms. The highest BCUT2D eigenvalue weighted by atomic mass is 16.3. The van der Waals surface area contributed by atoms with Crippen molar-refractivity contribution in [2.45, 2.75) is 31.6 Å². The first kappa shape index (κ1) is 16.8. The number of hydrogen-bond acceptors (Lipinski definition) is 4. The maximum atomic E-state index is 11.1. The van der Waals surface area contributed by atoms with E-state index in [9.17, 15) is 15.0 Å². The molecule has 0 saturated heterocycles. The fourth-order valence-electron chi connectivity index (χ4n) is 3.19. The third-order valence-electron chi connectivity index (χ3n) is 4.88. The highest BCUT2D eigenvalue weighted by molar-refractivity contribution is 5.85. The van der Waals surface area contributed by atoms with E-state index in [4.69, 9.17) is 5.73 Å². The lowest BCUT2D eigenvalue weighted by atomic mass is 10.1. The molecule has 1 aliphatic rings. The summed E-state index contributed by atoms with van der Waals surface area (Å²) < 4.78 is 2.29. The van der Waals surface area contributed by atoms with E-state index in [1.54, 1.807) is 12.1 Å². The number of carbonyl (C=O) groups excluding carboxylic acids is 1. The van der Waals surface area contributed by atoms with Gasteiger partial charge in [-0.2, -0.15) is 0 Å². The molecule has 6 nitrogen and oxygen atoms in total. The number of aliphatic hydroxyl groups is 2. The zero-order valence-electron chi connectivity index (χ0n) is 14.2. The lowest BCUT2D eigenvalue weighted by molar-refractivity contribution is -0.132. The quantitative estimate of drug-likeness (QED) is 0.632. The molecule has 2 aromatic heterocycles. The van der Waals surface area contributed by atoms with Gasteiger partial charge in [0.25, 0.3) is 0 Å². The second-order valence-corrected chi connectivity index (χ2v) is 6.92. The molecular weight excluding hydrogens is 330 g/mol. The van der Waals surface area contributed by atoms with Crippen LogP contribution < -0.4 is 5.73 Å². The SMILES string of the molecule is NC(=O)[C@H](O)[C@@H](O)c1cccc(-c2ccc3c(ccn3CC3CC3)c2)n1. The van der Waals surface area contributed by atoms with Gasteiger partial charge in [0, 0.05) is 29.2 Å². The highest BCUT2D eigenvalue weighted by Gasteiger charge is 2.25. The van der Waals surface area contributed by atoms with Gasteiger partial charge in [0.05, 0.1) is 11.4 Å². The molecule has 1 aromatic carbocycles. The van der Waals surface area contributed by atoms with Gasteiger partial charge >= 0.3 is 0 Å². The Morgan fingerprint density at radius 3 is 2.77 bits per heavy atom. The monoisotopic (exact) mass is 351 g/mol. The number of nitrogens with zero attached hydrogens (tertiary/aromatic N) is 2. The Balaban J connectivity index is 1.64. The number of carbonyl (C=O) groups is 1. The molecule has 0 bridgehead atoms. The summed E-state index contributed by atoms with van der Waals surface area (Å²) in [5.74, 6) is -0.176. The summed E-state index contributed by atoms with van der Waals surface area (Å²) in [6, 6.07) is 13.3. The predicted octanol–water partition coefficient (Wildman–Crippen LogP) is 1.99. The topological polar surface area (TPSA) is 101 Å². The highest BCUT2D eigenvalue weighted by Crippen LogP contribution is 2.33. The van der Waals surface area contributed by atoms with Crippen LogP contribution in [0.25, 0.3) is 22.2 Å². The van der Waals surface area contributed by atoms with E-state index in [0.717, 1.165) is 23.4 Å². The lowest BCUT2D eigenvalue weighted by Crippen LogP contribution is -2.34. The van der Waals surface area contributed by atoms with Crippen molar-refractivity contribution in [3.8, 4) is 11.3 Å². The number of nitrogens with two attached hydrogens (primary N) is 1. The van der Waals surface area contributed by atoms with Gasteiger partial charge in [-0.15, -0.1) is 0 Å². The Kier molecular flexibility index (Phi) is 4.22. The van der Waals surface area contributed by atoms with Crippen molar-refractivity contribution in [1.29, 1.82) is 0 Å². The smallest absolute Gasteiger partial charge is 0.249 e. The molecular formula is C20H21N3O3. The number of aromatic nitrogens is 2. The second kappa shape index (κ2) is 6.55. The van der Waals surface area contributed by atoms with Gasteiger partial charge in [-0.05, 0) is 49.1 Å². The number of amides is 1. The van der Waals surface area contributed by atoms with Crippen molar-refractivity contribution >= 4 is 16.8 Å². The Labute approximate surface area is 150 Å². The van der Waals surface area contributed by atoms with Gasteiger partial charge in [0.1, 0.15) is 6.10 Å². The van der Waals surface area contributed by atoms with E-state index in [1.807, 2.05) is 12.1 Å². The van der Waals surface area contributed by atoms with Crippen molar-refractivity contribution in [3.63, 3.8) is 0 Å². The number of fused-ring (bicyclic) bond motifs is 1. The van der Waals surface area contributed by atoms with Gasteiger partial charge in [-0.3, -0.25) is 4.79 Å². The van der Waals surface area contributed by atoms with Crippen LogP contribution in [0, 0.1) is 5.92 Å². The van der Waals surface area contributed by atoms with Gasteiger partial charge < -0.3 is 20.5 Å². The maximum absolute atomic E-state index is 11.1.